The molecular weight excluding hydrogens is 435 g/mol. The second-order valence-electron chi connectivity index (χ2n) is 7.17. The van der Waals surface area contributed by atoms with Crippen molar-refractivity contribution in [3.05, 3.63) is 48.5 Å². The second-order valence-corrected chi connectivity index (χ2v) is 11.6. The molecule has 0 saturated heterocycles. The largest absolute Gasteiger partial charge is 0.424 e. The predicted molar refractivity (Wildman–Crippen MR) is 130 cm³/mol. The first kappa shape index (κ1) is 23.4. The zero-order valence-corrected chi connectivity index (χ0v) is 20.4. The van der Waals surface area contributed by atoms with E-state index in [1.165, 1.54) is 0 Å². The number of fused-ring (bicyclic) bond motifs is 2. The molecular formula is C23H29O4PS2. The van der Waals surface area contributed by atoms with Crippen LogP contribution in [-0.4, -0.2) is 22.7 Å². The minimum absolute atomic E-state index is 0.0690. The molecule has 3 aromatic carbocycles. The lowest BCUT2D eigenvalue weighted by atomic mass is 10.0. The molecule has 0 bridgehead atoms. The summed E-state index contributed by atoms with van der Waals surface area (Å²) in [6, 6.07) is 16.1. The van der Waals surface area contributed by atoms with Gasteiger partial charge in [-0.3, -0.25) is 13.3 Å². The summed E-state index contributed by atoms with van der Waals surface area (Å²) in [6.07, 6.45) is 1.57. The zero-order chi connectivity index (χ0) is 21.7. The van der Waals surface area contributed by atoms with Crippen molar-refractivity contribution in [1.29, 1.82) is 0 Å². The fraction of sp³-hybridized carbons (Fsp3) is 0.391. The van der Waals surface area contributed by atoms with Gasteiger partial charge in [-0.15, -0.1) is 0 Å². The van der Waals surface area contributed by atoms with Gasteiger partial charge in [-0.05, 0) is 72.5 Å². The summed E-state index contributed by atoms with van der Waals surface area (Å²) in [6.45, 7) is 5.33. The molecule has 30 heavy (non-hydrogen) atoms. The van der Waals surface area contributed by atoms with E-state index in [1.807, 2.05) is 52.0 Å². The van der Waals surface area contributed by atoms with E-state index in [4.69, 9.17) is 25.4 Å². The topological polar surface area (TPSA) is 44.8 Å². The van der Waals surface area contributed by atoms with Crippen LogP contribution in [0.2, 0.25) is 0 Å². The van der Waals surface area contributed by atoms with Crippen LogP contribution in [0.5, 0.6) is 5.75 Å². The molecule has 162 valence electrons. The van der Waals surface area contributed by atoms with Crippen molar-refractivity contribution >= 4 is 50.9 Å². The molecule has 0 fully saturated rings. The molecule has 0 heterocycles. The van der Waals surface area contributed by atoms with Crippen LogP contribution in [0, 0.1) is 0 Å². The van der Waals surface area contributed by atoms with E-state index in [9.17, 15) is 4.21 Å². The lowest BCUT2D eigenvalue weighted by Crippen LogP contribution is -2.10. The molecule has 0 spiro atoms. The highest BCUT2D eigenvalue weighted by atomic mass is 32.5. The number of rotatable bonds is 10. The molecule has 3 aromatic rings. The Bertz CT molecular complexity index is 1100. The standard InChI is InChI=1S/C23H29O4PS2/c1-5-12-30(24)23-16-21(27-28(29,25-7-3)26-17(4)6-2)14-20-13-18-10-8-9-11-19(18)15-22(20)23/h8-11,13-17H,5-7,12H2,1-4H3. The smallest absolute Gasteiger partial charge is 0.380 e. The highest BCUT2D eigenvalue weighted by molar-refractivity contribution is 8.07. The summed E-state index contributed by atoms with van der Waals surface area (Å²) < 4.78 is 30.9. The molecule has 7 heteroatoms. The van der Waals surface area contributed by atoms with Crippen LogP contribution < -0.4 is 4.52 Å². The van der Waals surface area contributed by atoms with E-state index in [-0.39, 0.29) is 6.10 Å². The quantitative estimate of drug-likeness (QED) is 0.240. The van der Waals surface area contributed by atoms with Gasteiger partial charge in [-0.25, -0.2) is 0 Å². The Kier molecular flexibility index (Phi) is 8.05. The lowest BCUT2D eigenvalue weighted by Gasteiger charge is -2.25. The van der Waals surface area contributed by atoms with Crippen LogP contribution in [0.3, 0.4) is 0 Å². The minimum Gasteiger partial charge on any atom is -0.424 e. The first-order valence-electron chi connectivity index (χ1n) is 10.4. The predicted octanol–water partition coefficient (Wildman–Crippen LogP) is 6.97. The normalized spacial score (nSPS) is 15.7. The summed E-state index contributed by atoms with van der Waals surface area (Å²) in [5.41, 5.74) is 0. The Hall–Kier alpha value is -1.30. The van der Waals surface area contributed by atoms with Crippen molar-refractivity contribution < 1.29 is 17.8 Å². The van der Waals surface area contributed by atoms with Crippen molar-refractivity contribution in [2.24, 2.45) is 0 Å². The van der Waals surface area contributed by atoms with Gasteiger partial charge in [0.1, 0.15) is 5.75 Å². The van der Waals surface area contributed by atoms with E-state index >= 15 is 0 Å². The van der Waals surface area contributed by atoms with E-state index in [0.29, 0.717) is 18.1 Å². The van der Waals surface area contributed by atoms with Crippen molar-refractivity contribution in [1.82, 2.24) is 0 Å². The Morgan fingerprint density at radius 1 is 1.03 bits per heavy atom. The minimum atomic E-state index is -2.97. The Balaban J connectivity index is 2.13. The van der Waals surface area contributed by atoms with E-state index in [1.54, 1.807) is 0 Å². The fourth-order valence-corrected chi connectivity index (χ4v) is 6.89. The van der Waals surface area contributed by atoms with E-state index < -0.39 is 17.5 Å². The SMILES string of the molecule is CCCS(=O)c1cc(OP(=S)(OCC)OC(C)CC)cc2cc3ccccc3cc12. The van der Waals surface area contributed by atoms with Gasteiger partial charge in [-0.2, -0.15) is 0 Å². The first-order valence-corrected chi connectivity index (χ1v) is 14.2. The highest BCUT2D eigenvalue weighted by Crippen LogP contribution is 2.52. The summed E-state index contributed by atoms with van der Waals surface area (Å²) in [5, 5.41) is 4.18. The maximum atomic E-state index is 13.0. The summed E-state index contributed by atoms with van der Waals surface area (Å²) in [4.78, 5) is 0.761. The Labute approximate surface area is 186 Å². The van der Waals surface area contributed by atoms with Crippen molar-refractivity contribution in [3.63, 3.8) is 0 Å². The van der Waals surface area contributed by atoms with Crippen molar-refractivity contribution in [3.8, 4) is 5.75 Å². The monoisotopic (exact) mass is 464 g/mol. The molecule has 0 aliphatic carbocycles. The van der Waals surface area contributed by atoms with Gasteiger partial charge >= 0.3 is 6.72 Å². The van der Waals surface area contributed by atoms with Crippen LogP contribution in [0.25, 0.3) is 21.5 Å². The summed E-state index contributed by atoms with van der Waals surface area (Å²) in [7, 11) is -1.14. The number of hydrogen-bond donors (Lipinski definition) is 0. The maximum absolute atomic E-state index is 13.0. The van der Waals surface area contributed by atoms with Gasteiger partial charge < -0.3 is 4.52 Å². The van der Waals surface area contributed by atoms with Crippen LogP contribution in [0.15, 0.2) is 53.4 Å². The molecule has 0 aromatic heterocycles. The van der Waals surface area contributed by atoms with Gasteiger partial charge in [0, 0.05) is 17.6 Å². The average molecular weight is 465 g/mol. The molecule has 0 aliphatic heterocycles. The van der Waals surface area contributed by atoms with Gasteiger partial charge in [0.15, 0.2) is 0 Å². The first-order chi connectivity index (χ1) is 14.4. The zero-order valence-electron chi connectivity index (χ0n) is 17.9. The van der Waals surface area contributed by atoms with Gasteiger partial charge in [0.25, 0.3) is 0 Å². The van der Waals surface area contributed by atoms with Crippen LogP contribution in [0.4, 0.5) is 0 Å². The summed E-state index contributed by atoms with van der Waals surface area (Å²) >= 11 is 5.65. The lowest BCUT2D eigenvalue weighted by molar-refractivity contribution is 0.157. The Morgan fingerprint density at radius 2 is 1.73 bits per heavy atom. The van der Waals surface area contributed by atoms with Gasteiger partial charge in [0.05, 0.1) is 28.4 Å². The fourth-order valence-electron chi connectivity index (χ4n) is 3.19. The van der Waals surface area contributed by atoms with Gasteiger partial charge in [-0.1, -0.05) is 38.1 Å². The average Bonchev–Trinajstić information content (AvgIpc) is 2.71. The molecule has 0 saturated carbocycles. The molecule has 0 radical (unpaired) electrons. The van der Waals surface area contributed by atoms with Crippen molar-refractivity contribution in [2.45, 2.75) is 51.5 Å². The van der Waals surface area contributed by atoms with Crippen LogP contribution >= 0.6 is 6.72 Å². The third-order valence-electron chi connectivity index (χ3n) is 4.78. The molecule has 4 nitrogen and oxygen atoms in total. The molecule has 3 atom stereocenters. The molecule has 0 N–H and O–H groups in total. The Morgan fingerprint density at radius 3 is 2.37 bits per heavy atom. The van der Waals surface area contributed by atoms with Crippen LogP contribution in [0.1, 0.15) is 40.5 Å². The number of hydrogen-bond acceptors (Lipinski definition) is 5. The van der Waals surface area contributed by atoms with Crippen LogP contribution in [-0.2, 0) is 31.7 Å². The molecule has 0 aliphatic rings. The number of benzene rings is 3. The maximum Gasteiger partial charge on any atom is 0.380 e. The third kappa shape index (κ3) is 5.49. The molecule has 3 rings (SSSR count). The second kappa shape index (κ2) is 10.3. The molecule has 0 amide bonds. The third-order valence-corrected chi connectivity index (χ3v) is 8.81. The van der Waals surface area contributed by atoms with E-state index in [0.717, 1.165) is 39.3 Å². The van der Waals surface area contributed by atoms with E-state index in [2.05, 4.69) is 24.3 Å². The molecule has 3 unspecified atom stereocenters. The van der Waals surface area contributed by atoms with Crippen molar-refractivity contribution in [2.75, 3.05) is 12.4 Å². The van der Waals surface area contributed by atoms with Gasteiger partial charge in [0.2, 0.25) is 0 Å². The highest BCUT2D eigenvalue weighted by Gasteiger charge is 2.25. The summed E-state index contributed by atoms with van der Waals surface area (Å²) in [5.74, 6) is 1.13.